The van der Waals surface area contributed by atoms with E-state index in [-0.39, 0.29) is 11.7 Å². The van der Waals surface area contributed by atoms with Gasteiger partial charge in [-0.15, -0.1) is 0 Å². The van der Waals surface area contributed by atoms with Crippen LogP contribution in [0.25, 0.3) is 0 Å². The highest BCUT2D eigenvalue weighted by atomic mass is 16.1. The molecule has 1 amide bonds. The molecule has 1 aromatic carbocycles. The van der Waals surface area contributed by atoms with E-state index in [1.165, 1.54) is 0 Å². The average Bonchev–Trinajstić information content (AvgIpc) is 2.35. The van der Waals surface area contributed by atoms with Crippen LogP contribution in [0.5, 0.6) is 0 Å². The summed E-state index contributed by atoms with van der Waals surface area (Å²) in [5.41, 5.74) is 1.21. The topological polar surface area (TPSA) is 46.2 Å². The van der Waals surface area contributed by atoms with Crippen LogP contribution < -0.4 is 5.32 Å². The van der Waals surface area contributed by atoms with Crippen molar-refractivity contribution in [2.45, 2.75) is 19.8 Å². The van der Waals surface area contributed by atoms with Crippen molar-refractivity contribution in [1.82, 2.24) is 5.32 Å². The molecule has 0 bridgehead atoms. The van der Waals surface area contributed by atoms with Crippen LogP contribution in [0.1, 0.15) is 30.1 Å². The van der Waals surface area contributed by atoms with Gasteiger partial charge >= 0.3 is 0 Å². The van der Waals surface area contributed by atoms with Crippen LogP contribution in [-0.4, -0.2) is 18.2 Å². The van der Waals surface area contributed by atoms with Gasteiger partial charge in [-0.3, -0.25) is 9.59 Å². The second kappa shape index (κ2) is 6.63. The predicted molar refractivity (Wildman–Crippen MR) is 67.8 cm³/mol. The molecule has 0 aliphatic rings. The molecule has 0 aliphatic carbocycles. The summed E-state index contributed by atoms with van der Waals surface area (Å²) >= 11 is 0. The Kier molecular flexibility index (Phi) is 5.14. The Hall–Kier alpha value is -1.90. The van der Waals surface area contributed by atoms with E-state index in [0.717, 1.165) is 0 Å². The van der Waals surface area contributed by atoms with E-state index < -0.39 is 0 Å². The van der Waals surface area contributed by atoms with Crippen molar-refractivity contribution in [1.29, 1.82) is 0 Å². The van der Waals surface area contributed by atoms with Crippen LogP contribution in [0.4, 0.5) is 0 Å². The monoisotopic (exact) mass is 231 g/mol. The molecule has 3 nitrogen and oxygen atoms in total. The largest absolute Gasteiger partial charge is 0.352 e. The standard InChI is InChI=1S/C14H17NO2/c1-11(2)13(16)9-6-10-15-14(17)12-7-4-3-5-8-12/h3-5,7-8H,1,6,9-10H2,2H3,(H,15,17). The molecule has 1 aromatic rings. The van der Waals surface area contributed by atoms with Crippen molar-refractivity contribution < 1.29 is 9.59 Å². The summed E-state index contributed by atoms with van der Waals surface area (Å²) in [6, 6.07) is 9.02. The lowest BCUT2D eigenvalue weighted by Gasteiger charge is -2.04. The molecule has 0 heterocycles. The van der Waals surface area contributed by atoms with E-state index in [4.69, 9.17) is 0 Å². The van der Waals surface area contributed by atoms with Crippen LogP contribution in [0, 0.1) is 0 Å². The number of allylic oxidation sites excluding steroid dienone is 1. The lowest BCUT2D eigenvalue weighted by Crippen LogP contribution is -2.24. The van der Waals surface area contributed by atoms with Gasteiger partial charge in [0.15, 0.2) is 5.78 Å². The number of rotatable bonds is 6. The molecule has 0 aromatic heterocycles. The molecule has 0 saturated carbocycles. The first-order chi connectivity index (χ1) is 8.11. The third-order valence-electron chi connectivity index (χ3n) is 2.38. The number of carbonyl (C=O) groups is 2. The van der Waals surface area contributed by atoms with Gasteiger partial charge in [-0.05, 0) is 31.1 Å². The van der Waals surface area contributed by atoms with Crippen molar-refractivity contribution in [2.75, 3.05) is 6.54 Å². The summed E-state index contributed by atoms with van der Waals surface area (Å²) in [5, 5.41) is 2.77. The first kappa shape index (κ1) is 13.2. The third kappa shape index (κ3) is 4.64. The summed E-state index contributed by atoms with van der Waals surface area (Å²) in [4.78, 5) is 22.9. The Balaban J connectivity index is 2.26. The molecule has 0 fully saturated rings. The molecule has 1 rings (SSSR count). The van der Waals surface area contributed by atoms with Gasteiger partial charge in [0.2, 0.25) is 0 Å². The number of nitrogens with one attached hydrogen (secondary N) is 1. The Labute approximate surface area is 102 Å². The number of benzene rings is 1. The van der Waals surface area contributed by atoms with E-state index in [9.17, 15) is 9.59 Å². The lowest BCUT2D eigenvalue weighted by atomic mass is 10.1. The fourth-order valence-electron chi connectivity index (χ4n) is 1.36. The fourth-order valence-corrected chi connectivity index (χ4v) is 1.36. The molecule has 0 spiro atoms. The molecule has 3 heteroatoms. The Morgan fingerprint density at radius 3 is 2.47 bits per heavy atom. The minimum Gasteiger partial charge on any atom is -0.352 e. The molecule has 1 N–H and O–H groups in total. The summed E-state index contributed by atoms with van der Waals surface area (Å²) in [5.74, 6) is -0.0488. The van der Waals surface area contributed by atoms with E-state index in [0.29, 0.717) is 30.5 Å². The van der Waals surface area contributed by atoms with Crippen molar-refractivity contribution in [3.8, 4) is 0 Å². The van der Waals surface area contributed by atoms with Crippen LogP contribution in [0.2, 0.25) is 0 Å². The lowest BCUT2D eigenvalue weighted by molar-refractivity contribution is -0.115. The number of ketones is 1. The molecular weight excluding hydrogens is 214 g/mol. The van der Waals surface area contributed by atoms with Gasteiger partial charge in [-0.2, -0.15) is 0 Å². The normalized spacial score (nSPS) is 9.71. The van der Waals surface area contributed by atoms with Gasteiger partial charge in [0.25, 0.3) is 5.91 Å². The molecule has 0 radical (unpaired) electrons. The molecular formula is C14H17NO2. The quantitative estimate of drug-likeness (QED) is 0.603. The van der Waals surface area contributed by atoms with Crippen molar-refractivity contribution in [2.24, 2.45) is 0 Å². The molecule has 90 valence electrons. The van der Waals surface area contributed by atoms with Crippen molar-refractivity contribution in [3.63, 3.8) is 0 Å². The second-order valence-corrected chi connectivity index (χ2v) is 3.93. The Morgan fingerprint density at radius 2 is 1.88 bits per heavy atom. The van der Waals surface area contributed by atoms with Crippen molar-refractivity contribution in [3.05, 3.63) is 48.0 Å². The first-order valence-corrected chi connectivity index (χ1v) is 5.63. The number of hydrogen-bond donors (Lipinski definition) is 1. The van der Waals surface area contributed by atoms with E-state index in [1.54, 1.807) is 19.1 Å². The minimum atomic E-state index is -0.103. The van der Waals surface area contributed by atoms with Gasteiger partial charge in [0, 0.05) is 18.5 Å². The van der Waals surface area contributed by atoms with Gasteiger partial charge < -0.3 is 5.32 Å². The number of amides is 1. The van der Waals surface area contributed by atoms with Gasteiger partial charge in [0.05, 0.1) is 0 Å². The van der Waals surface area contributed by atoms with E-state index >= 15 is 0 Å². The van der Waals surface area contributed by atoms with E-state index in [2.05, 4.69) is 11.9 Å². The number of hydrogen-bond acceptors (Lipinski definition) is 2. The molecule has 0 unspecified atom stereocenters. The van der Waals surface area contributed by atoms with Crippen molar-refractivity contribution >= 4 is 11.7 Å². The number of carbonyl (C=O) groups excluding carboxylic acids is 2. The van der Waals surface area contributed by atoms with Crippen LogP contribution in [-0.2, 0) is 4.79 Å². The van der Waals surface area contributed by atoms with Crippen LogP contribution in [0.3, 0.4) is 0 Å². The third-order valence-corrected chi connectivity index (χ3v) is 2.38. The number of Topliss-reactive ketones (excluding diaryl/α,β-unsaturated/α-hetero) is 1. The van der Waals surface area contributed by atoms with Gasteiger partial charge in [-0.1, -0.05) is 24.8 Å². The zero-order chi connectivity index (χ0) is 12.7. The molecule has 0 saturated heterocycles. The SMILES string of the molecule is C=C(C)C(=O)CCCNC(=O)c1ccccc1. The maximum absolute atomic E-state index is 11.6. The maximum atomic E-state index is 11.6. The maximum Gasteiger partial charge on any atom is 0.251 e. The molecule has 17 heavy (non-hydrogen) atoms. The Morgan fingerprint density at radius 1 is 1.24 bits per heavy atom. The molecule has 0 aliphatic heterocycles. The zero-order valence-electron chi connectivity index (χ0n) is 10.0. The smallest absolute Gasteiger partial charge is 0.251 e. The highest BCUT2D eigenvalue weighted by Crippen LogP contribution is 2.00. The summed E-state index contributed by atoms with van der Waals surface area (Å²) < 4.78 is 0. The van der Waals surface area contributed by atoms with Crippen LogP contribution in [0.15, 0.2) is 42.5 Å². The Bertz CT molecular complexity index is 409. The zero-order valence-corrected chi connectivity index (χ0v) is 10.0. The highest BCUT2D eigenvalue weighted by molar-refractivity contribution is 5.95. The predicted octanol–water partition coefficient (Wildman–Crippen LogP) is 2.34. The van der Waals surface area contributed by atoms with Gasteiger partial charge in [-0.25, -0.2) is 0 Å². The average molecular weight is 231 g/mol. The highest BCUT2D eigenvalue weighted by Gasteiger charge is 2.05. The minimum absolute atomic E-state index is 0.0546. The van der Waals surface area contributed by atoms with Crippen LogP contribution >= 0.6 is 0 Å². The molecule has 0 atom stereocenters. The summed E-state index contributed by atoms with van der Waals surface area (Å²) in [6.07, 6.45) is 1.08. The summed E-state index contributed by atoms with van der Waals surface area (Å²) in [7, 11) is 0. The summed E-state index contributed by atoms with van der Waals surface area (Å²) in [6.45, 7) is 5.79. The second-order valence-electron chi connectivity index (χ2n) is 3.93. The fraction of sp³-hybridized carbons (Fsp3) is 0.286. The first-order valence-electron chi connectivity index (χ1n) is 5.63. The van der Waals surface area contributed by atoms with Gasteiger partial charge in [0.1, 0.15) is 0 Å². The van der Waals surface area contributed by atoms with E-state index in [1.807, 2.05) is 18.2 Å².